The van der Waals surface area contributed by atoms with Gasteiger partial charge in [0.1, 0.15) is 0 Å². The number of nitrogens with two attached hydrogens (primary N) is 2. The van der Waals surface area contributed by atoms with Crippen LogP contribution in [0.3, 0.4) is 0 Å². The van der Waals surface area contributed by atoms with Gasteiger partial charge in [-0.15, -0.1) is 0 Å². The average Bonchev–Trinajstić information content (AvgIpc) is 2.34. The van der Waals surface area contributed by atoms with Crippen LogP contribution in [-0.2, 0) is 11.3 Å². The number of hydrogen-bond acceptors (Lipinski definition) is 3. The Morgan fingerprint density at radius 3 is 2.35 bits per heavy atom. The number of rotatable bonds is 3. The van der Waals surface area contributed by atoms with Crippen LogP contribution in [0.4, 0.5) is 5.69 Å². The average molecular weight is 237 g/mol. The zero-order chi connectivity index (χ0) is 13.4. The van der Waals surface area contributed by atoms with Crippen LogP contribution in [0.2, 0.25) is 0 Å². The molecule has 0 saturated carbocycles. The first-order chi connectivity index (χ1) is 8.04. The van der Waals surface area contributed by atoms with Gasteiger partial charge < -0.3 is 16.8 Å². The molecule has 0 aliphatic rings. The highest BCUT2D eigenvalue weighted by Crippen LogP contribution is 2.17. The summed E-state index contributed by atoms with van der Waals surface area (Å²) in [5, 5.41) is 2.88. The summed E-state index contributed by atoms with van der Waals surface area (Å²) < 4.78 is 0. The van der Waals surface area contributed by atoms with Crippen molar-refractivity contribution < 1.29 is 4.79 Å². The predicted molar refractivity (Wildman–Crippen MR) is 72.6 cm³/mol. The molecule has 0 spiro atoms. The molecule has 5 N–H and O–H groups in total. The highest BCUT2D eigenvalue weighted by atomic mass is 16.1. The van der Waals surface area contributed by atoms with E-state index in [0.29, 0.717) is 6.54 Å². The van der Waals surface area contributed by atoms with E-state index in [1.807, 2.05) is 39.0 Å². The number of nitrogens with one attached hydrogen (secondary N) is 1. The van der Waals surface area contributed by atoms with Gasteiger partial charge in [0.05, 0.1) is 0 Å². The number of aryl methyl sites for hydroxylation is 1. The van der Waals surface area contributed by atoms with E-state index >= 15 is 0 Å². The molecule has 0 radical (unpaired) electrons. The second-order valence-electron chi connectivity index (χ2n) is 4.00. The summed E-state index contributed by atoms with van der Waals surface area (Å²) in [6, 6.07) is 5.83. The standard InChI is InChI=1S/C12H18N2O.CH5N/c1-8(2)12(15)14-11-5-4-10(7-13)6-9(11)3;1-2/h4-6,8H,7,13H2,1-3H3,(H,14,15);2H2,1H3. The van der Waals surface area contributed by atoms with E-state index in [-0.39, 0.29) is 11.8 Å². The van der Waals surface area contributed by atoms with Gasteiger partial charge in [0.2, 0.25) is 5.91 Å². The molecule has 17 heavy (non-hydrogen) atoms. The summed E-state index contributed by atoms with van der Waals surface area (Å²) in [5.74, 6) is 0.0391. The van der Waals surface area contributed by atoms with Crippen molar-refractivity contribution >= 4 is 11.6 Å². The summed E-state index contributed by atoms with van der Waals surface area (Å²) in [4.78, 5) is 11.5. The van der Waals surface area contributed by atoms with E-state index in [4.69, 9.17) is 5.73 Å². The monoisotopic (exact) mass is 237 g/mol. The molecule has 4 heteroatoms. The molecule has 96 valence electrons. The summed E-state index contributed by atoms with van der Waals surface area (Å²) in [7, 11) is 1.50. The van der Waals surface area contributed by atoms with E-state index in [1.54, 1.807) is 0 Å². The molecule has 1 amide bonds. The van der Waals surface area contributed by atoms with Crippen LogP contribution in [0.15, 0.2) is 18.2 Å². The van der Waals surface area contributed by atoms with Gasteiger partial charge in [-0.25, -0.2) is 0 Å². The van der Waals surface area contributed by atoms with Gasteiger partial charge in [-0.3, -0.25) is 4.79 Å². The summed E-state index contributed by atoms with van der Waals surface area (Å²) in [6.07, 6.45) is 0. The first-order valence-electron chi connectivity index (χ1n) is 5.72. The first kappa shape index (κ1) is 15.6. The second-order valence-corrected chi connectivity index (χ2v) is 4.00. The molecule has 0 atom stereocenters. The Morgan fingerprint density at radius 1 is 1.35 bits per heavy atom. The topological polar surface area (TPSA) is 81.1 Å². The molecule has 0 bridgehead atoms. The van der Waals surface area contributed by atoms with Crippen molar-refractivity contribution in [3.05, 3.63) is 29.3 Å². The van der Waals surface area contributed by atoms with E-state index < -0.39 is 0 Å². The SMILES string of the molecule is CN.Cc1cc(CN)ccc1NC(=O)C(C)C. The third-order valence-corrected chi connectivity index (χ3v) is 2.31. The molecule has 1 aromatic rings. The second kappa shape index (κ2) is 7.81. The lowest BCUT2D eigenvalue weighted by atomic mass is 10.1. The molecule has 1 aromatic carbocycles. The van der Waals surface area contributed by atoms with Crippen LogP contribution in [-0.4, -0.2) is 13.0 Å². The summed E-state index contributed by atoms with van der Waals surface area (Å²) in [5.41, 5.74) is 13.0. The maximum absolute atomic E-state index is 11.5. The van der Waals surface area contributed by atoms with Crippen LogP contribution in [0.5, 0.6) is 0 Å². The molecule has 4 nitrogen and oxygen atoms in total. The van der Waals surface area contributed by atoms with Gasteiger partial charge in [0, 0.05) is 18.2 Å². The van der Waals surface area contributed by atoms with Crippen molar-refractivity contribution in [2.24, 2.45) is 17.4 Å². The molecule has 0 fully saturated rings. The van der Waals surface area contributed by atoms with Gasteiger partial charge in [0.25, 0.3) is 0 Å². The summed E-state index contributed by atoms with van der Waals surface area (Å²) >= 11 is 0. The van der Waals surface area contributed by atoms with Crippen molar-refractivity contribution in [1.82, 2.24) is 0 Å². The quantitative estimate of drug-likeness (QED) is 0.747. The number of carbonyl (C=O) groups excluding carboxylic acids is 1. The van der Waals surface area contributed by atoms with Crippen molar-refractivity contribution in [1.29, 1.82) is 0 Å². The zero-order valence-corrected chi connectivity index (χ0v) is 11.1. The highest BCUT2D eigenvalue weighted by Gasteiger charge is 2.08. The number of amides is 1. The van der Waals surface area contributed by atoms with Crippen LogP contribution >= 0.6 is 0 Å². The van der Waals surface area contributed by atoms with E-state index in [1.165, 1.54) is 7.05 Å². The van der Waals surface area contributed by atoms with Crippen LogP contribution < -0.4 is 16.8 Å². The molecular formula is C13H23N3O. The number of carbonyl (C=O) groups is 1. The molecule has 1 rings (SSSR count). The Hall–Kier alpha value is -1.39. The molecular weight excluding hydrogens is 214 g/mol. The highest BCUT2D eigenvalue weighted by molar-refractivity contribution is 5.92. The van der Waals surface area contributed by atoms with Gasteiger partial charge in [-0.05, 0) is 31.2 Å². The molecule has 0 aliphatic heterocycles. The van der Waals surface area contributed by atoms with E-state index in [2.05, 4.69) is 11.1 Å². The minimum Gasteiger partial charge on any atom is -0.333 e. The normalized spacial score (nSPS) is 9.59. The van der Waals surface area contributed by atoms with Gasteiger partial charge in [-0.1, -0.05) is 26.0 Å². The Labute approximate surface area is 103 Å². The molecule has 0 unspecified atom stereocenters. The Kier molecular flexibility index (Phi) is 7.18. The Morgan fingerprint density at radius 2 is 1.94 bits per heavy atom. The molecule has 0 aromatic heterocycles. The maximum Gasteiger partial charge on any atom is 0.226 e. The Balaban J connectivity index is 0.00000121. The fourth-order valence-electron chi connectivity index (χ4n) is 1.27. The smallest absolute Gasteiger partial charge is 0.226 e. The minimum atomic E-state index is -0.00131. The number of hydrogen-bond donors (Lipinski definition) is 3. The van der Waals surface area contributed by atoms with Crippen molar-refractivity contribution in [2.45, 2.75) is 27.3 Å². The number of benzene rings is 1. The minimum absolute atomic E-state index is 0.00131. The fraction of sp³-hybridized carbons (Fsp3) is 0.462. The summed E-state index contributed by atoms with van der Waals surface area (Å²) in [6.45, 7) is 6.24. The lowest BCUT2D eigenvalue weighted by molar-refractivity contribution is -0.118. The largest absolute Gasteiger partial charge is 0.333 e. The van der Waals surface area contributed by atoms with E-state index in [0.717, 1.165) is 16.8 Å². The number of anilines is 1. The maximum atomic E-state index is 11.5. The van der Waals surface area contributed by atoms with Crippen LogP contribution in [0.1, 0.15) is 25.0 Å². The van der Waals surface area contributed by atoms with Crippen molar-refractivity contribution in [3.8, 4) is 0 Å². The third-order valence-electron chi connectivity index (χ3n) is 2.31. The van der Waals surface area contributed by atoms with Crippen molar-refractivity contribution in [3.63, 3.8) is 0 Å². The Bertz CT molecular complexity index is 362. The molecule has 0 aliphatic carbocycles. The fourth-order valence-corrected chi connectivity index (χ4v) is 1.27. The lowest BCUT2D eigenvalue weighted by Gasteiger charge is -2.11. The predicted octanol–water partition coefficient (Wildman–Crippen LogP) is 1.62. The third kappa shape index (κ3) is 4.97. The molecule has 0 saturated heterocycles. The van der Waals surface area contributed by atoms with Gasteiger partial charge >= 0.3 is 0 Å². The zero-order valence-electron chi connectivity index (χ0n) is 11.1. The van der Waals surface area contributed by atoms with Crippen LogP contribution in [0.25, 0.3) is 0 Å². The first-order valence-corrected chi connectivity index (χ1v) is 5.72. The van der Waals surface area contributed by atoms with E-state index in [9.17, 15) is 4.79 Å². The van der Waals surface area contributed by atoms with Crippen molar-refractivity contribution in [2.75, 3.05) is 12.4 Å². The van der Waals surface area contributed by atoms with Gasteiger partial charge in [0.15, 0.2) is 0 Å². The van der Waals surface area contributed by atoms with Gasteiger partial charge in [-0.2, -0.15) is 0 Å². The van der Waals surface area contributed by atoms with Crippen LogP contribution in [0, 0.1) is 12.8 Å². The molecule has 0 heterocycles. The lowest BCUT2D eigenvalue weighted by Crippen LogP contribution is -2.18.